The molecular weight excluding hydrogens is 434 g/mol. The standard InChI is InChI=1S/C22H20ClN5O4/c1-13-4-7-19(11-20(13)23)27-14(2)10-16(15(27)3)12-24-26-22(30)21(29)25-17-5-8-18(9-6-17)28(31)32/h4-12H,1-3H3,(H,25,29)(H,26,30)/b24-12-. The van der Waals surface area contributed by atoms with E-state index in [0.717, 1.165) is 28.2 Å². The van der Waals surface area contributed by atoms with Crippen LogP contribution in [-0.4, -0.2) is 27.5 Å². The van der Waals surface area contributed by atoms with Gasteiger partial charge in [0.05, 0.1) is 11.1 Å². The van der Waals surface area contributed by atoms with Crippen molar-refractivity contribution in [2.24, 2.45) is 5.10 Å². The summed E-state index contributed by atoms with van der Waals surface area (Å²) in [5.41, 5.74) is 6.78. The minimum absolute atomic E-state index is 0.123. The number of halogens is 1. The van der Waals surface area contributed by atoms with E-state index in [1.54, 1.807) is 0 Å². The summed E-state index contributed by atoms with van der Waals surface area (Å²) in [4.78, 5) is 34.1. The van der Waals surface area contributed by atoms with Gasteiger partial charge in [-0.3, -0.25) is 19.7 Å². The molecule has 3 rings (SSSR count). The van der Waals surface area contributed by atoms with Crippen LogP contribution >= 0.6 is 11.6 Å². The second-order valence-electron chi connectivity index (χ2n) is 7.05. The molecule has 164 valence electrons. The number of nitro benzene ring substituents is 1. The van der Waals surface area contributed by atoms with Gasteiger partial charge in [-0.2, -0.15) is 5.10 Å². The normalized spacial score (nSPS) is 10.9. The van der Waals surface area contributed by atoms with Crippen molar-refractivity contribution in [3.8, 4) is 5.69 Å². The SMILES string of the molecule is Cc1ccc(-n2c(C)cc(/C=N\NC(=O)C(=O)Nc3ccc([N+](=O)[O-])cc3)c2C)cc1Cl. The Morgan fingerprint density at radius 3 is 2.38 bits per heavy atom. The van der Waals surface area contributed by atoms with E-state index in [4.69, 9.17) is 11.6 Å². The van der Waals surface area contributed by atoms with Crippen molar-refractivity contribution in [3.63, 3.8) is 0 Å². The highest BCUT2D eigenvalue weighted by molar-refractivity contribution is 6.39. The fraction of sp³-hybridized carbons (Fsp3) is 0.136. The average molecular weight is 454 g/mol. The van der Waals surface area contributed by atoms with Crippen LogP contribution in [0.15, 0.2) is 53.6 Å². The van der Waals surface area contributed by atoms with E-state index in [1.165, 1.54) is 30.5 Å². The van der Waals surface area contributed by atoms with Gasteiger partial charge in [0, 0.05) is 45.5 Å². The van der Waals surface area contributed by atoms with Gasteiger partial charge in [0.1, 0.15) is 0 Å². The van der Waals surface area contributed by atoms with Crippen LogP contribution in [0, 0.1) is 30.9 Å². The van der Waals surface area contributed by atoms with Crippen molar-refractivity contribution in [1.82, 2.24) is 9.99 Å². The van der Waals surface area contributed by atoms with Crippen LogP contribution in [0.5, 0.6) is 0 Å². The molecular formula is C22H20ClN5O4. The molecule has 32 heavy (non-hydrogen) atoms. The first kappa shape index (κ1) is 22.7. The molecule has 2 aromatic carbocycles. The minimum Gasteiger partial charge on any atom is -0.318 e. The Bertz CT molecular complexity index is 1230. The number of benzene rings is 2. The van der Waals surface area contributed by atoms with Gasteiger partial charge in [0.25, 0.3) is 5.69 Å². The highest BCUT2D eigenvalue weighted by atomic mass is 35.5. The van der Waals surface area contributed by atoms with Crippen LogP contribution in [0.3, 0.4) is 0 Å². The van der Waals surface area contributed by atoms with Gasteiger partial charge >= 0.3 is 11.8 Å². The van der Waals surface area contributed by atoms with E-state index >= 15 is 0 Å². The Morgan fingerprint density at radius 1 is 1.06 bits per heavy atom. The molecule has 0 aliphatic rings. The smallest absolute Gasteiger partial charge is 0.318 e. The molecule has 10 heteroatoms. The van der Waals surface area contributed by atoms with E-state index in [1.807, 2.05) is 49.6 Å². The van der Waals surface area contributed by atoms with Crippen molar-refractivity contribution < 1.29 is 14.5 Å². The number of carbonyl (C=O) groups is 2. The number of carbonyl (C=O) groups excluding carboxylic acids is 2. The number of non-ortho nitro benzene ring substituents is 1. The zero-order valence-electron chi connectivity index (χ0n) is 17.5. The average Bonchev–Trinajstić information content (AvgIpc) is 3.03. The first-order chi connectivity index (χ1) is 15.2. The molecule has 1 heterocycles. The maximum absolute atomic E-state index is 12.0. The van der Waals surface area contributed by atoms with Crippen molar-refractivity contribution in [3.05, 3.63) is 86.2 Å². The molecule has 0 spiro atoms. The third-order valence-corrected chi connectivity index (χ3v) is 5.20. The fourth-order valence-corrected chi connectivity index (χ4v) is 3.28. The van der Waals surface area contributed by atoms with Crippen molar-refractivity contribution in [1.29, 1.82) is 0 Å². The molecule has 3 aromatic rings. The molecule has 0 saturated heterocycles. The van der Waals surface area contributed by atoms with E-state index in [-0.39, 0.29) is 11.4 Å². The Labute approximate surface area is 188 Å². The summed E-state index contributed by atoms with van der Waals surface area (Å²) in [6.45, 7) is 5.78. The number of rotatable bonds is 5. The predicted molar refractivity (Wildman–Crippen MR) is 122 cm³/mol. The summed E-state index contributed by atoms with van der Waals surface area (Å²) in [6, 6.07) is 12.8. The minimum atomic E-state index is -0.973. The van der Waals surface area contributed by atoms with Crippen LogP contribution in [0.25, 0.3) is 5.69 Å². The zero-order chi connectivity index (χ0) is 23.4. The highest BCUT2D eigenvalue weighted by Crippen LogP contribution is 2.24. The number of hydrogen-bond donors (Lipinski definition) is 2. The van der Waals surface area contributed by atoms with Crippen LogP contribution in [0.1, 0.15) is 22.5 Å². The van der Waals surface area contributed by atoms with Gasteiger partial charge in [-0.1, -0.05) is 17.7 Å². The summed E-state index contributed by atoms with van der Waals surface area (Å²) in [7, 11) is 0. The number of aromatic nitrogens is 1. The maximum atomic E-state index is 12.0. The van der Waals surface area contributed by atoms with E-state index in [9.17, 15) is 19.7 Å². The molecule has 0 radical (unpaired) electrons. The van der Waals surface area contributed by atoms with Crippen LogP contribution < -0.4 is 10.7 Å². The monoisotopic (exact) mass is 453 g/mol. The topological polar surface area (TPSA) is 119 Å². The lowest BCUT2D eigenvalue weighted by atomic mass is 10.2. The van der Waals surface area contributed by atoms with Gasteiger partial charge in [0.15, 0.2) is 0 Å². The Balaban J connectivity index is 1.66. The van der Waals surface area contributed by atoms with Gasteiger partial charge in [-0.15, -0.1) is 0 Å². The Hall–Kier alpha value is -3.98. The van der Waals surface area contributed by atoms with Gasteiger partial charge < -0.3 is 9.88 Å². The Morgan fingerprint density at radius 2 is 1.75 bits per heavy atom. The third kappa shape index (κ3) is 5.01. The molecule has 0 fully saturated rings. The summed E-state index contributed by atoms with van der Waals surface area (Å²) in [6.07, 6.45) is 1.45. The second-order valence-corrected chi connectivity index (χ2v) is 7.46. The van der Waals surface area contributed by atoms with Crippen molar-refractivity contribution >= 4 is 41.0 Å². The summed E-state index contributed by atoms with van der Waals surface area (Å²) < 4.78 is 2.01. The molecule has 0 atom stereocenters. The lowest BCUT2D eigenvalue weighted by Crippen LogP contribution is -2.32. The number of hydrogen-bond acceptors (Lipinski definition) is 5. The second kappa shape index (κ2) is 9.44. The Kier molecular flexibility index (Phi) is 6.70. The van der Waals surface area contributed by atoms with Crippen LogP contribution in [0.2, 0.25) is 5.02 Å². The number of hydrazone groups is 1. The van der Waals surface area contributed by atoms with E-state index in [2.05, 4.69) is 15.8 Å². The molecule has 0 aliphatic heterocycles. The first-order valence-electron chi connectivity index (χ1n) is 9.51. The highest BCUT2D eigenvalue weighted by Gasteiger charge is 2.14. The van der Waals surface area contributed by atoms with E-state index in [0.29, 0.717) is 5.02 Å². The maximum Gasteiger partial charge on any atom is 0.329 e. The largest absolute Gasteiger partial charge is 0.329 e. The summed E-state index contributed by atoms with van der Waals surface area (Å²) >= 11 is 6.25. The number of nitro groups is 1. The van der Waals surface area contributed by atoms with Crippen LogP contribution in [-0.2, 0) is 9.59 Å². The predicted octanol–water partition coefficient (Wildman–Crippen LogP) is 4.05. The number of nitrogens with zero attached hydrogens (tertiary/aromatic N) is 3. The molecule has 0 saturated carbocycles. The van der Waals surface area contributed by atoms with Crippen molar-refractivity contribution in [2.75, 3.05) is 5.32 Å². The quantitative estimate of drug-likeness (QED) is 0.262. The first-order valence-corrected chi connectivity index (χ1v) is 9.89. The lowest BCUT2D eigenvalue weighted by Gasteiger charge is -2.11. The molecule has 2 N–H and O–H groups in total. The van der Waals surface area contributed by atoms with Gasteiger partial charge in [-0.25, -0.2) is 5.43 Å². The molecule has 0 aliphatic carbocycles. The van der Waals surface area contributed by atoms with Gasteiger partial charge in [-0.05, 0) is 56.7 Å². The fourth-order valence-electron chi connectivity index (χ4n) is 3.10. The zero-order valence-corrected chi connectivity index (χ0v) is 18.3. The lowest BCUT2D eigenvalue weighted by molar-refractivity contribution is -0.384. The van der Waals surface area contributed by atoms with Gasteiger partial charge in [0.2, 0.25) is 0 Å². The molecule has 1 aromatic heterocycles. The number of nitrogens with one attached hydrogen (secondary N) is 2. The number of anilines is 1. The van der Waals surface area contributed by atoms with Crippen molar-refractivity contribution in [2.45, 2.75) is 20.8 Å². The van der Waals surface area contributed by atoms with Crippen LogP contribution in [0.4, 0.5) is 11.4 Å². The molecule has 9 nitrogen and oxygen atoms in total. The molecule has 0 unspecified atom stereocenters. The van der Waals surface area contributed by atoms with E-state index < -0.39 is 16.7 Å². The molecule has 0 bridgehead atoms. The molecule has 2 amide bonds. The summed E-state index contributed by atoms with van der Waals surface area (Å²) in [5, 5.41) is 17.5. The number of aryl methyl sites for hydroxylation is 2. The third-order valence-electron chi connectivity index (χ3n) is 4.80. The summed E-state index contributed by atoms with van der Waals surface area (Å²) in [5.74, 6) is -1.92. The number of amides is 2.